The summed E-state index contributed by atoms with van der Waals surface area (Å²) in [6, 6.07) is 6.21. The Labute approximate surface area is 130 Å². The number of carboxylic acid groups (broad SMARTS) is 1. The van der Waals surface area contributed by atoms with Gasteiger partial charge in [0.05, 0.1) is 5.51 Å². The fourth-order valence-electron chi connectivity index (χ4n) is 1.74. The van der Waals surface area contributed by atoms with Crippen LogP contribution in [0.3, 0.4) is 0 Å². The number of rotatable bonds is 5. The summed E-state index contributed by atoms with van der Waals surface area (Å²) in [5, 5.41) is 9.37. The molecule has 0 saturated heterocycles. The van der Waals surface area contributed by atoms with E-state index in [-0.39, 0.29) is 4.21 Å². The van der Waals surface area contributed by atoms with Crippen LogP contribution in [-0.2, 0) is 10.0 Å². The van der Waals surface area contributed by atoms with Crippen molar-refractivity contribution in [1.29, 1.82) is 0 Å². The molecule has 112 valence electrons. The van der Waals surface area contributed by atoms with Gasteiger partial charge in [0.15, 0.2) is 9.90 Å². The Morgan fingerprint density at radius 1 is 1.43 bits per heavy atom. The van der Waals surface area contributed by atoms with Gasteiger partial charge in [-0.25, -0.2) is 22.9 Å². The smallest absolute Gasteiger partial charge is 0.356 e. The molecule has 2 rings (SSSR count). The maximum Gasteiger partial charge on any atom is 0.356 e. The highest BCUT2D eigenvalue weighted by molar-refractivity contribution is 7.91. The van der Waals surface area contributed by atoms with Crippen molar-refractivity contribution in [2.75, 3.05) is 0 Å². The lowest BCUT2D eigenvalue weighted by atomic mass is 10.1. The third-order valence-corrected chi connectivity index (χ3v) is 5.94. The largest absolute Gasteiger partial charge is 0.476 e. The molecule has 6 nitrogen and oxygen atoms in total. The van der Waals surface area contributed by atoms with Crippen LogP contribution >= 0.6 is 22.9 Å². The molecule has 0 amide bonds. The van der Waals surface area contributed by atoms with E-state index in [0.29, 0.717) is 10.6 Å². The molecule has 0 radical (unpaired) electrons. The number of carboxylic acids is 1. The predicted molar refractivity (Wildman–Crippen MR) is 79.3 cm³/mol. The average molecular weight is 347 g/mol. The molecule has 2 aromatic rings. The number of aromatic carboxylic acids is 1. The van der Waals surface area contributed by atoms with Crippen LogP contribution in [0.2, 0.25) is 5.02 Å². The van der Waals surface area contributed by atoms with Crippen LogP contribution in [0.1, 0.15) is 29.0 Å². The van der Waals surface area contributed by atoms with Crippen LogP contribution in [-0.4, -0.2) is 24.5 Å². The van der Waals surface area contributed by atoms with E-state index in [2.05, 4.69) is 9.71 Å². The SMILES string of the molecule is C[C@H](NS(=O)(=O)c1scnc1C(=O)O)c1ccccc1Cl. The van der Waals surface area contributed by atoms with E-state index in [1.54, 1.807) is 31.2 Å². The Bertz CT molecular complexity index is 773. The highest BCUT2D eigenvalue weighted by Crippen LogP contribution is 2.26. The van der Waals surface area contributed by atoms with E-state index in [1.807, 2.05) is 0 Å². The number of nitrogens with one attached hydrogen (secondary N) is 1. The number of halogens is 1. The second kappa shape index (κ2) is 6.10. The van der Waals surface area contributed by atoms with Gasteiger partial charge in [-0.05, 0) is 18.6 Å². The van der Waals surface area contributed by atoms with Crippen molar-refractivity contribution >= 4 is 38.9 Å². The van der Waals surface area contributed by atoms with Gasteiger partial charge >= 0.3 is 5.97 Å². The van der Waals surface area contributed by atoms with Gasteiger partial charge in [0.1, 0.15) is 0 Å². The molecule has 0 aliphatic rings. The zero-order valence-electron chi connectivity index (χ0n) is 10.8. The number of benzene rings is 1. The molecule has 1 aromatic carbocycles. The predicted octanol–water partition coefficient (Wildman–Crippen LogP) is 2.53. The Morgan fingerprint density at radius 3 is 2.71 bits per heavy atom. The summed E-state index contributed by atoms with van der Waals surface area (Å²) < 4.78 is 26.6. The van der Waals surface area contributed by atoms with E-state index in [4.69, 9.17) is 16.7 Å². The first-order chi connectivity index (χ1) is 9.83. The monoisotopic (exact) mass is 346 g/mol. The maximum atomic E-state index is 12.3. The van der Waals surface area contributed by atoms with Crippen LogP contribution in [0, 0.1) is 0 Å². The normalized spacial score (nSPS) is 13.0. The lowest BCUT2D eigenvalue weighted by Gasteiger charge is -2.15. The zero-order valence-corrected chi connectivity index (χ0v) is 13.2. The van der Waals surface area contributed by atoms with Crippen molar-refractivity contribution in [3.8, 4) is 0 Å². The molecule has 0 bridgehead atoms. The molecular formula is C12H11ClN2O4S2. The summed E-state index contributed by atoms with van der Waals surface area (Å²) in [5.41, 5.74) is 1.29. The first-order valence-corrected chi connectivity index (χ1v) is 8.50. The number of sulfonamides is 1. The fourth-order valence-corrected chi connectivity index (χ4v) is 4.42. The molecule has 1 atom stereocenters. The highest BCUT2D eigenvalue weighted by atomic mass is 35.5. The summed E-state index contributed by atoms with van der Waals surface area (Å²) in [5.74, 6) is -1.39. The summed E-state index contributed by atoms with van der Waals surface area (Å²) >= 11 is 6.77. The number of aromatic nitrogens is 1. The maximum absolute atomic E-state index is 12.3. The number of carbonyl (C=O) groups is 1. The number of thiazole rings is 1. The van der Waals surface area contributed by atoms with Gasteiger partial charge in [-0.3, -0.25) is 0 Å². The first kappa shape index (κ1) is 15.9. The van der Waals surface area contributed by atoms with Crippen molar-refractivity contribution in [3.05, 3.63) is 46.1 Å². The molecular weight excluding hydrogens is 336 g/mol. The highest BCUT2D eigenvalue weighted by Gasteiger charge is 2.27. The van der Waals surface area contributed by atoms with Gasteiger partial charge in [0, 0.05) is 11.1 Å². The molecule has 2 N–H and O–H groups in total. The second-order valence-electron chi connectivity index (χ2n) is 4.16. The summed E-state index contributed by atoms with van der Waals surface area (Å²) in [7, 11) is -3.99. The molecule has 1 heterocycles. The summed E-state index contributed by atoms with van der Waals surface area (Å²) in [6.45, 7) is 1.63. The molecule has 0 saturated carbocycles. The number of nitrogens with zero attached hydrogens (tertiary/aromatic N) is 1. The minimum atomic E-state index is -3.99. The quantitative estimate of drug-likeness (QED) is 0.867. The fraction of sp³-hybridized carbons (Fsp3) is 0.167. The van der Waals surface area contributed by atoms with Gasteiger partial charge in [-0.1, -0.05) is 29.8 Å². The van der Waals surface area contributed by atoms with Crippen LogP contribution in [0.25, 0.3) is 0 Å². The van der Waals surface area contributed by atoms with Gasteiger partial charge in [0.25, 0.3) is 10.0 Å². The van der Waals surface area contributed by atoms with Crippen molar-refractivity contribution in [2.24, 2.45) is 0 Å². The Kier molecular flexibility index (Phi) is 4.62. The Hall–Kier alpha value is -1.48. The summed E-state index contributed by atoms with van der Waals surface area (Å²) in [4.78, 5) is 14.5. The lowest BCUT2D eigenvalue weighted by molar-refractivity contribution is 0.0687. The third-order valence-electron chi connectivity index (χ3n) is 2.69. The van der Waals surface area contributed by atoms with Crippen molar-refractivity contribution in [3.63, 3.8) is 0 Å². The molecule has 21 heavy (non-hydrogen) atoms. The zero-order chi connectivity index (χ0) is 15.6. The third kappa shape index (κ3) is 3.41. The molecule has 0 fully saturated rings. The van der Waals surface area contributed by atoms with E-state index in [1.165, 1.54) is 5.51 Å². The van der Waals surface area contributed by atoms with Crippen LogP contribution in [0.4, 0.5) is 0 Å². The molecule has 0 unspecified atom stereocenters. The van der Waals surface area contributed by atoms with E-state index >= 15 is 0 Å². The van der Waals surface area contributed by atoms with E-state index in [9.17, 15) is 13.2 Å². The topological polar surface area (TPSA) is 96.4 Å². The average Bonchev–Trinajstić information content (AvgIpc) is 2.88. The first-order valence-electron chi connectivity index (χ1n) is 5.76. The number of hydrogen-bond donors (Lipinski definition) is 2. The minimum absolute atomic E-state index is 0.325. The van der Waals surface area contributed by atoms with Gasteiger partial charge in [0.2, 0.25) is 0 Å². The van der Waals surface area contributed by atoms with Crippen molar-refractivity contribution in [1.82, 2.24) is 9.71 Å². The van der Waals surface area contributed by atoms with Crippen molar-refractivity contribution in [2.45, 2.75) is 17.2 Å². The molecule has 1 aromatic heterocycles. The van der Waals surface area contributed by atoms with Gasteiger partial charge in [-0.15, -0.1) is 11.3 Å². The lowest BCUT2D eigenvalue weighted by Crippen LogP contribution is -2.27. The van der Waals surface area contributed by atoms with E-state index < -0.39 is 27.7 Å². The Balaban J connectivity index is 2.32. The van der Waals surface area contributed by atoms with Gasteiger partial charge < -0.3 is 5.11 Å². The Morgan fingerprint density at radius 2 is 2.10 bits per heavy atom. The van der Waals surface area contributed by atoms with Crippen LogP contribution in [0.15, 0.2) is 34.0 Å². The van der Waals surface area contributed by atoms with Crippen LogP contribution < -0.4 is 4.72 Å². The molecule has 9 heteroatoms. The number of hydrogen-bond acceptors (Lipinski definition) is 5. The van der Waals surface area contributed by atoms with Crippen molar-refractivity contribution < 1.29 is 18.3 Å². The minimum Gasteiger partial charge on any atom is -0.476 e. The molecule has 0 aliphatic carbocycles. The molecule has 0 spiro atoms. The second-order valence-corrected chi connectivity index (χ2v) is 7.33. The van der Waals surface area contributed by atoms with Gasteiger partial charge in [-0.2, -0.15) is 0 Å². The van der Waals surface area contributed by atoms with Crippen LogP contribution in [0.5, 0.6) is 0 Å². The standard InChI is InChI=1S/C12H11ClN2O4S2/c1-7(8-4-2-3-5-9(8)13)15-21(18,19)12-10(11(16)17)14-6-20-12/h2-7,15H,1H3,(H,16,17)/t7-/m0/s1. The molecule has 0 aliphatic heterocycles. The van der Waals surface area contributed by atoms with E-state index in [0.717, 1.165) is 11.3 Å². The summed E-state index contributed by atoms with van der Waals surface area (Å²) in [6.07, 6.45) is 0.